The molecule has 0 bridgehead atoms. The predicted octanol–water partition coefficient (Wildman–Crippen LogP) is 0.902. The Balaban J connectivity index is 2.57. The molecule has 0 aliphatic heterocycles. The van der Waals surface area contributed by atoms with Gasteiger partial charge in [0.1, 0.15) is 0 Å². The second kappa shape index (κ2) is 3.37. The lowest BCUT2D eigenvalue weighted by Crippen LogP contribution is -2.46. The Bertz CT molecular complexity index is 154. The Morgan fingerprint density at radius 2 is 2.18 bits per heavy atom. The van der Waals surface area contributed by atoms with Crippen molar-refractivity contribution in [2.45, 2.75) is 31.3 Å². The highest BCUT2D eigenvalue weighted by Crippen LogP contribution is 2.22. The molecule has 2 N–H and O–H groups in total. The molecule has 2 unspecified atom stereocenters. The minimum Gasteiger partial charge on any atom is -0.314 e. The number of rotatable bonds is 2. The van der Waals surface area contributed by atoms with Crippen molar-refractivity contribution in [3.05, 3.63) is 12.2 Å². The van der Waals surface area contributed by atoms with Crippen LogP contribution in [-0.4, -0.2) is 25.7 Å². The summed E-state index contributed by atoms with van der Waals surface area (Å²) >= 11 is 0. The van der Waals surface area contributed by atoms with E-state index < -0.39 is 0 Å². The van der Waals surface area contributed by atoms with Crippen molar-refractivity contribution in [3.8, 4) is 0 Å². The van der Waals surface area contributed by atoms with Crippen molar-refractivity contribution in [1.29, 1.82) is 0 Å². The van der Waals surface area contributed by atoms with Gasteiger partial charge in [-0.15, -0.1) is 0 Å². The Morgan fingerprint density at radius 1 is 1.45 bits per heavy atom. The molecule has 0 radical (unpaired) electrons. The van der Waals surface area contributed by atoms with E-state index in [0.717, 1.165) is 6.42 Å². The Hall–Kier alpha value is -0.340. The van der Waals surface area contributed by atoms with Gasteiger partial charge in [0.15, 0.2) is 0 Å². The average molecular weight is 154 g/mol. The fourth-order valence-electron chi connectivity index (χ4n) is 1.53. The van der Waals surface area contributed by atoms with Gasteiger partial charge in [-0.05, 0) is 33.9 Å². The number of nitrogens with one attached hydrogen (secondary N) is 2. The second-order valence-electron chi connectivity index (χ2n) is 3.54. The molecule has 2 heteroatoms. The van der Waals surface area contributed by atoms with Crippen LogP contribution in [0.25, 0.3) is 0 Å². The quantitative estimate of drug-likeness (QED) is 0.577. The standard InChI is InChI=1S/C9H18N2/c1-9(11-3)6-4-5-8(7-9)10-2/h4-5,8,10-11H,6-7H2,1-3H3. The van der Waals surface area contributed by atoms with E-state index in [9.17, 15) is 0 Å². The van der Waals surface area contributed by atoms with Crippen LogP contribution in [0.5, 0.6) is 0 Å². The third-order valence-electron chi connectivity index (χ3n) is 2.58. The molecule has 0 saturated heterocycles. The predicted molar refractivity (Wildman–Crippen MR) is 48.7 cm³/mol. The summed E-state index contributed by atoms with van der Waals surface area (Å²) in [6.45, 7) is 2.26. The van der Waals surface area contributed by atoms with Gasteiger partial charge in [0.05, 0.1) is 0 Å². The van der Waals surface area contributed by atoms with Crippen molar-refractivity contribution < 1.29 is 0 Å². The summed E-state index contributed by atoms with van der Waals surface area (Å²) in [4.78, 5) is 0. The summed E-state index contributed by atoms with van der Waals surface area (Å²) in [6, 6.07) is 0.543. The van der Waals surface area contributed by atoms with E-state index in [1.807, 2.05) is 14.1 Å². The highest BCUT2D eigenvalue weighted by Gasteiger charge is 2.26. The minimum atomic E-state index is 0.294. The van der Waals surface area contributed by atoms with E-state index in [0.29, 0.717) is 11.6 Å². The third-order valence-corrected chi connectivity index (χ3v) is 2.58. The summed E-state index contributed by atoms with van der Waals surface area (Å²) in [7, 11) is 4.04. The number of hydrogen-bond donors (Lipinski definition) is 2. The van der Waals surface area contributed by atoms with Gasteiger partial charge in [-0.3, -0.25) is 0 Å². The Kier molecular flexibility index (Phi) is 2.68. The molecule has 1 aliphatic rings. The lowest BCUT2D eigenvalue weighted by atomic mass is 9.85. The fraction of sp³-hybridized carbons (Fsp3) is 0.778. The zero-order chi connectivity index (χ0) is 8.32. The maximum Gasteiger partial charge on any atom is 0.0264 e. The molecule has 64 valence electrons. The highest BCUT2D eigenvalue weighted by molar-refractivity contribution is 5.07. The monoisotopic (exact) mass is 154 g/mol. The van der Waals surface area contributed by atoms with Crippen LogP contribution in [0.15, 0.2) is 12.2 Å². The largest absolute Gasteiger partial charge is 0.314 e. The third kappa shape index (κ3) is 2.04. The number of likely N-dealkylation sites (N-methyl/N-ethyl adjacent to an activating group) is 1. The second-order valence-corrected chi connectivity index (χ2v) is 3.54. The smallest absolute Gasteiger partial charge is 0.0264 e. The number of hydrogen-bond acceptors (Lipinski definition) is 2. The van der Waals surface area contributed by atoms with Crippen molar-refractivity contribution in [3.63, 3.8) is 0 Å². The lowest BCUT2D eigenvalue weighted by molar-refractivity contribution is 0.320. The normalized spacial score (nSPS) is 37.5. The van der Waals surface area contributed by atoms with Gasteiger partial charge >= 0.3 is 0 Å². The molecule has 0 aromatic rings. The van der Waals surface area contributed by atoms with Crippen molar-refractivity contribution in [2.24, 2.45) is 0 Å². The van der Waals surface area contributed by atoms with Crippen LogP contribution in [0, 0.1) is 0 Å². The molecule has 0 fully saturated rings. The maximum atomic E-state index is 3.35. The van der Waals surface area contributed by atoms with Gasteiger partial charge in [0.25, 0.3) is 0 Å². The van der Waals surface area contributed by atoms with E-state index in [2.05, 4.69) is 29.7 Å². The van der Waals surface area contributed by atoms with E-state index in [4.69, 9.17) is 0 Å². The SMILES string of the molecule is CNC1C=CCC(C)(NC)C1. The summed E-state index contributed by atoms with van der Waals surface area (Å²) in [6.07, 6.45) is 6.82. The zero-order valence-corrected chi connectivity index (χ0v) is 7.65. The fourth-order valence-corrected chi connectivity index (χ4v) is 1.53. The van der Waals surface area contributed by atoms with Gasteiger partial charge in [0, 0.05) is 11.6 Å². The Labute approximate surface area is 69.1 Å². The van der Waals surface area contributed by atoms with Crippen LogP contribution in [-0.2, 0) is 0 Å². The summed E-state index contributed by atoms with van der Waals surface area (Å²) in [5.74, 6) is 0. The first-order valence-electron chi connectivity index (χ1n) is 4.23. The summed E-state index contributed by atoms with van der Waals surface area (Å²) < 4.78 is 0. The molecule has 2 atom stereocenters. The first-order chi connectivity index (χ1) is 5.20. The molecular weight excluding hydrogens is 136 g/mol. The van der Waals surface area contributed by atoms with Crippen LogP contribution < -0.4 is 10.6 Å². The molecule has 2 nitrogen and oxygen atoms in total. The first-order valence-corrected chi connectivity index (χ1v) is 4.23. The van der Waals surface area contributed by atoms with Crippen molar-refractivity contribution in [1.82, 2.24) is 10.6 Å². The van der Waals surface area contributed by atoms with Crippen molar-refractivity contribution in [2.75, 3.05) is 14.1 Å². The van der Waals surface area contributed by atoms with Crippen LogP contribution >= 0.6 is 0 Å². The Morgan fingerprint density at radius 3 is 2.73 bits per heavy atom. The zero-order valence-electron chi connectivity index (χ0n) is 7.65. The van der Waals surface area contributed by atoms with Crippen LogP contribution in [0.1, 0.15) is 19.8 Å². The first kappa shape index (κ1) is 8.75. The molecule has 0 amide bonds. The molecule has 0 saturated carbocycles. The molecular formula is C9H18N2. The summed E-state index contributed by atoms with van der Waals surface area (Å²) in [5, 5.41) is 6.62. The molecule has 11 heavy (non-hydrogen) atoms. The lowest BCUT2D eigenvalue weighted by Gasteiger charge is -2.34. The van der Waals surface area contributed by atoms with E-state index >= 15 is 0 Å². The minimum absolute atomic E-state index is 0.294. The van der Waals surface area contributed by atoms with Gasteiger partial charge in [-0.1, -0.05) is 12.2 Å². The molecule has 1 aliphatic carbocycles. The van der Waals surface area contributed by atoms with Crippen LogP contribution in [0.3, 0.4) is 0 Å². The maximum absolute atomic E-state index is 3.35. The van der Waals surface area contributed by atoms with E-state index in [1.54, 1.807) is 0 Å². The van der Waals surface area contributed by atoms with Crippen LogP contribution in [0.2, 0.25) is 0 Å². The molecule has 1 rings (SSSR count). The highest BCUT2D eigenvalue weighted by atomic mass is 15.0. The molecule has 0 aromatic heterocycles. The van der Waals surface area contributed by atoms with Gasteiger partial charge in [-0.2, -0.15) is 0 Å². The van der Waals surface area contributed by atoms with Gasteiger partial charge in [0.2, 0.25) is 0 Å². The van der Waals surface area contributed by atoms with Gasteiger partial charge in [-0.25, -0.2) is 0 Å². The van der Waals surface area contributed by atoms with E-state index in [-0.39, 0.29) is 0 Å². The topological polar surface area (TPSA) is 24.1 Å². The molecule has 0 spiro atoms. The molecule has 0 heterocycles. The van der Waals surface area contributed by atoms with Crippen LogP contribution in [0.4, 0.5) is 0 Å². The molecule has 0 aromatic carbocycles. The van der Waals surface area contributed by atoms with E-state index in [1.165, 1.54) is 6.42 Å². The average Bonchev–Trinajstić information content (AvgIpc) is 2.05. The van der Waals surface area contributed by atoms with Gasteiger partial charge < -0.3 is 10.6 Å². The van der Waals surface area contributed by atoms with Crippen molar-refractivity contribution >= 4 is 0 Å². The summed E-state index contributed by atoms with van der Waals surface area (Å²) in [5.41, 5.74) is 0.294.